The van der Waals surface area contributed by atoms with E-state index in [2.05, 4.69) is 0 Å². The molecule has 4 heteroatoms. The highest BCUT2D eigenvalue weighted by atomic mass is 16.5. The Morgan fingerprint density at radius 1 is 1.25 bits per heavy atom. The largest absolute Gasteiger partial charge is 0.459 e. The Hall–Kier alpha value is -2.07. The molecule has 0 bridgehead atoms. The Balaban J connectivity index is 2.15. The van der Waals surface area contributed by atoms with E-state index in [-0.39, 0.29) is 5.91 Å². The predicted octanol–water partition coefficient (Wildman–Crippen LogP) is 2.88. The molecule has 1 aromatic heterocycles. The van der Waals surface area contributed by atoms with Crippen molar-refractivity contribution in [1.82, 2.24) is 4.90 Å². The van der Waals surface area contributed by atoms with Crippen LogP contribution in [0.4, 0.5) is 0 Å². The van der Waals surface area contributed by atoms with E-state index >= 15 is 0 Å². The van der Waals surface area contributed by atoms with Gasteiger partial charge in [0.05, 0.1) is 12.9 Å². The molecule has 0 atom stereocenters. The van der Waals surface area contributed by atoms with E-state index in [0.717, 1.165) is 11.1 Å². The van der Waals surface area contributed by atoms with Crippen LogP contribution in [-0.4, -0.2) is 31.1 Å². The maximum absolute atomic E-state index is 12.5. The maximum atomic E-state index is 12.5. The van der Waals surface area contributed by atoms with Crippen molar-refractivity contribution < 1.29 is 13.9 Å². The van der Waals surface area contributed by atoms with Gasteiger partial charge >= 0.3 is 0 Å². The van der Waals surface area contributed by atoms with Crippen LogP contribution in [-0.2, 0) is 11.3 Å². The second-order valence-corrected chi connectivity index (χ2v) is 4.64. The van der Waals surface area contributed by atoms with Crippen molar-refractivity contribution in [3.63, 3.8) is 0 Å². The molecule has 0 radical (unpaired) electrons. The van der Waals surface area contributed by atoms with Crippen molar-refractivity contribution in [3.05, 3.63) is 59.5 Å². The molecule has 0 saturated heterocycles. The third kappa shape index (κ3) is 3.48. The fourth-order valence-electron chi connectivity index (χ4n) is 1.99. The number of ether oxygens (including phenoxy) is 1. The molecule has 0 aliphatic carbocycles. The van der Waals surface area contributed by atoms with Gasteiger partial charge < -0.3 is 14.1 Å². The molecular formula is C16H19NO3. The number of furan rings is 1. The summed E-state index contributed by atoms with van der Waals surface area (Å²) >= 11 is 0. The van der Waals surface area contributed by atoms with Gasteiger partial charge in [0.25, 0.3) is 5.91 Å². The van der Waals surface area contributed by atoms with Crippen LogP contribution < -0.4 is 0 Å². The van der Waals surface area contributed by atoms with Crippen LogP contribution >= 0.6 is 0 Å². The zero-order chi connectivity index (χ0) is 14.4. The fourth-order valence-corrected chi connectivity index (χ4v) is 1.99. The minimum Gasteiger partial charge on any atom is -0.459 e. The van der Waals surface area contributed by atoms with Gasteiger partial charge in [0.1, 0.15) is 0 Å². The first kappa shape index (κ1) is 14.3. The average Bonchev–Trinajstić information content (AvgIpc) is 2.90. The zero-order valence-corrected chi connectivity index (χ0v) is 11.8. The van der Waals surface area contributed by atoms with Crippen LogP contribution in [0.2, 0.25) is 0 Å². The Morgan fingerprint density at radius 2 is 2.00 bits per heavy atom. The maximum Gasteiger partial charge on any atom is 0.290 e. The van der Waals surface area contributed by atoms with Crippen molar-refractivity contribution in [2.45, 2.75) is 13.5 Å². The van der Waals surface area contributed by atoms with Crippen LogP contribution in [0.15, 0.2) is 47.1 Å². The number of amides is 1. The quantitative estimate of drug-likeness (QED) is 0.812. The molecule has 1 aromatic carbocycles. The number of methoxy groups -OCH3 is 1. The summed E-state index contributed by atoms with van der Waals surface area (Å²) in [6, 6.07) is 11.7. The van der Waals surface area contributed by atoms with Crippen molar-refractivity contribution in [2.24, 2.45) is 0 Å². The zero-order valence-electron chi connectivity index (χ0n) is 11.8. The predicted molar refractivity (Wildman–Crippen MR) is 76.5 cm³/mol. The van der Waals surface area contributed by atoms with Gasteiger partial charge in [0, 0.05) is 25.8 Å². The molecule has 1 amide bonds. The summed E-state index contributed by atoms with van der Waals surface area (Å²) in [7, 11) is 1.63. The van der Waals surface area contributed by atoms with E-state index < -0.39 is 0 Å². The van der Waals surface area contributed by atoms with Gasteiger partial charge in [-0.15, -0.1) is 0 Å². The molecule has 1 heterocycles. The lowest BCUT2D eigenvalue weighted by molar-refractivity contribution is 0.0648. The van der Waals surface area contributed by atoms with Crippen LogP contribution in [0.3, 0.4) is 0 Å². The second-order valence-electron chi connectivity index (χ2n) is 4.64. The average molecular weight is 273 g/mol. The van der Waals surface area contributed by atoms with E-state index in [1.54, 1.807) is 24.3 Å². The molecule has 106 valence electrons. The summed E-state index contributed by atoms with van der Waals surface area (Å²) in [4.78, 5) is 14.3. The number of benzene rings is 1. The Morgan fingerprint density at radius 3 is 2.60 bits per heavy atom. The number of rotatable bonds is 6. The Labute approximate surface area is 119 Å². The van der Waals surface area contributed by atoms with Gasteiger partial charge in [0.15, 0.2) is 5.76 Å². The Bertz CT molecular complexity index is 548. The molecule has 0 saturated carbocycles. The van der Waals surface area contributed by atoms with Crippen molar-refractivity contribution in [3.8, 4) is 0 Å². The number of aryl methyl sites for hydroxylation is 1. The third-order valence-corrected chi connectivity index (χ3v) is 3.13. The summed E-state index contributed by atoms with van der Waals surface area (Å²) in [6.45, 7) is 3.44. The second kappa shape index (κ2) is 6.91. The normalized spacial score (nSPS) is 10.5. The lowest BCUT2D eigenvalue weighted by Crippen LogP contribution is -2.33. The summed E-state index contributed by atoms with van der Waals surface area (Å²) in [5.41, 5.74) is 1.94. The van der Waals surface area contributed by atoms with Crippen molar-refractivity contribution in [2.75, 3.05) is 20.3 Å². The van der Waals surface area contributed by atoms with Gasteiger partial charge in [-0.1, -0.05) is 30.3 Å². The minimum absolute atomic E-state index is 0.103. The standard InChI is InChI=1S/C16H19NO3/c1-13-8-10-20-15(13)16(18)17(9-11-19-2)12-14-6-4-3-5-7-14/h3-8,10H,9,11-12H2,1-2H3. The molecule has 0 spiro atoms. The number of nitrogens with zero attached hydrogens (tertiary/aromatic N) is 1. The smallest absolute Gasteiger partial charge is 0.290 e. The van der Waals surface area contributed by atoms with Crippen LogP contribution in [0.25, 0.3) is 0 Å². The first-order chi connectivity index (χ1) is 9.72. The van der Waals surface area contributed by atoms with Crippen LogP contribution in [0.1, 0.15) is 21.7 Å². The van der Waals surface area contributed by atoms with Crippen molar-refractivity contribution in [1.29, 1.82) is 0 Å². The first-order valence-electron chi connectivity index (χ1n) is 6.58. The number of carbonyl (C=O) groups is 1. The van der Waals surface area contributed by atoms with E-state index in [9.17, 15) is 4.79 Å². The van der Waals surface area contributed by atoms with E-state index in [1.165, 1.54) is 0 Å². The van der Waals surface area contributed by atoms with Crippen molar-refractivity contribution >= 4 is 5.91 Å². The number of carbonyl (C=O) groups excluding carboxylic acids is 1. The monoisotopic (exact) mass is 273 g/mol. The minimum atomic E-state index is -0.103. The van der Waals surface area contributed by atoms with Gasteiger partial charge in [-0.2, -0.15) is 0 Å². The first-order valence-corrected chi connectivity index (χ1v) is 6.58. The lowest BCUT2D eigenvalue weighted by atomic mass is 10.2. The van der Waals surface area contributed by atoms with Gasteiger partial charge in [-0.25, -0.2) is 0 Å². The molecule has 0 fully saturated rings. The van der Waals surface area contributed by atoms with Crippen LogP contribution in [0, 0.1) is 6.92 Å². The summed E-state index contributed by atoms with van der Waals surface area (Å²) in [6.07, 6.45) is 1.54. The molecule has 0 unspecified atom stereocenters. The molecule has 4 nitrogen and oxygen atoms in total. The molecule has 0 aliphatic rings. The van der Waals surface area contributed by atoms with Gasteiger partial charge in [-0.05, 0) is 18.6 Å². The van der Waals surface area contributed by atoms with Gasteiger partial charge in [0.2, 0.25) is 0 Å². The molecule has 20 heavy (non-hydrogen) atoms. The highest BCUT2D eigenvalue weighted by molar-refractivity contribution is 5.92. The highest BCUT2D eigenvalue weighted by Gasteiger charge is 2.20. The summed E-state index contributed by atoms with van der Waals surface area (Å²) in [5.74, 6) is 0.297. The number of hydrogen-bond donors (Lipinski definition) is 0. The Kier molecular flexibility index (Phi) is 4.96. The highest BCUT2D eigenvalue weighted by Crippen LogP contribution is 2.14. The fraction of sp³-hybridized carbons (Fsp3) is 0.312. The molecule has 2 rings (SSSR count). The van der Waals surface area contributed by atoms with E-state index in [1.807, 2.05) is 37.3 Å². The molecule has 0 N–H and O–H groups in total. The summed E-state index contributed by atoms with van der Waals surface area (Å²) < 4.78 is 10.4. The van der Waals surface area contributed by atoms with E-state index in [0.29, 0.717) is 25.5 Å². The number of hydrogen-bond acceptors (Lipinski definition) is 3. The topological polar surface area (TPSA) is 42.7 Å². The molecule has 0 aliphatic heterocycles. The lowest BCUT2D eigenvalue weighted by Gasteiger charge is -2.21. The van der Waals surface area contributed by atoms with Crippen LogP contribution in [0.5, 0.6) is 0 Å². The third-order valence-electron chi connectivity index (χ3n) is 3.13. The SMILES string of the molecule is COCCN(Cc1ccccc1)C(=O)c1occc1C. The summed E-state index contributed by atoms with van der Waals surface area (Å²) in [5, 5.41) is 0. The molecule has 2 aromatic rings. The molecular weight excluding hydrogens is 254 g/mol. The van der Waals surface area contributed by atoms with E-state index in [4.69, 9.17) is 9.15 Å². The van der Waals surface area contributed by atoms with Gasteiger partial charge in [-0.3, -0.25) is 4.79 Å².